The predicted molar refractivity (Wildman–Crippen MR) is 66.4 cm³/mol. The highest BCUT2D eigenvalue weighted by molar-refractivity contribution is 9.10. The summed E-state index contributed by atoms with van der Waals surface area (Å²) in [6, 6.07) is 1.81. The molecule has 1 aliphatic rings. The smallest absolute Gasteiger partial charge is 0.230 e. The first kappa shape index (κ1) is 11.8. The van der Waals surface area contributed by atoms with Crippen molar-refractivity contribution >= 4 is 39.2 Å². The summed E-state index contributed by atoms with van der Waals surface area (Å²) >= 11 is 3.30. The zero-order valence-corrected chi connectivity index (χ0v) is 10.5. The van der Waals surface area contributed by atoms with Gasteiger partial charge in [-0.2, -0.15) is 0 Å². The van der Waals surface area contributed by atoms with Gasteiger partial charge in [0.2, 0.25) is 11.8 Å². The van der Waals surface area contributed by atoms with Crippen molar-refractivity contribution in [3.63, 3.8) is 0 Å². The Kier molecular flexibility index (Phi) is 3.28. The molecule has 6 nitrogen and oxygen atoms in total. The molecule has 4 N–H and O–H groups in total. The quantitative estimate of drug-likeness (QED) is 0.749. The molecule has 0 bridgehead atoms. The van der Waals surface area contributed by atoms with Crippen LogP contribution in [0.25, 0.3) is 0 Å². The van der Waals surface area contributed by atoms with Crippen molar-refractivity contribution in [2.75, 3.05) is 17.2 Å². The fourth-order valence-corrected chi connectivity index (χ4v) is 1.96. The van der Waals surface area contributed by atoms with E-state index in [2.05, 4.69) is 31.5 Å². The molecule has 17 heavy (non-hydrogen) atoms. The van der Waals surface area contributed by atoms with Crippen molar-refractivity contribution in [2.45, 2.75) is 6.42 Å². The van der Waals surface area contributed by atoms with Gasteiger partial charge in [0.05, 0.1) is 11.6 Å². The lowest BCUT2D eigenvalue weighted by atomic mass is 10.0. The Morgan fingerprint density at radius 2 is 2.41 bits per heavy atom. The Bertz CT molecular complexity index is 477. The molecule has 0 radical (unpaired) electrons. The number of carbonyl (C=O) groups excluding carboxylic acids is 2. The minimum atomic E-state index is -0.493. The molecule has 90 valence electrons. The van der Waals surface area contributed by atoms with E-state index in [1.165, 1.54) is 0 Å². The lowest BCUT2D eigenvalue weighted by Gasteiger charge is -2.10. The lowest BCUT2D eigenvalue weighted by molar-refractivity contribution is -0.125. The fraction of sp³-hybridized carbons (Fsp3) is 0.300. The average molecular weight is 299 g/mol. The van der Waals surface area contributed by atoms with Crippen molar-refractivity contribution in [3.05, 3.63) is 16.7 Å². The number of anilines is 2. The van der Waals surface area contributed by atoms with Gasteiger partial charge in [-0.25, -0.2) is 4.98 Å². The summed E-state index contributed by atoms with van der Waals surface area (Å²) in [4.78, 5) is 26.7. The number of carbonyl (C=O) groups is 2. The number of primary amides is 1. The maximum Gasteiger partial charge on any atom is 0.230 e. The van der Waals surface area contributed by atoms with Gasteiger partial charge in [0.1, 0.15) is 0 Å². The molecule has 0 saturated heterocycles. The molecule has 0 aliphatic carbocycles. The largest absolute Gasteiger partial charge is 0.381 e. The van der Waals surface area contributed by atoms with Crippen LogP contribution in [0, 0.1) is 5.92 Å². The van der Waals surface area contributed by atoms with Crippen molar-refractivity contribution in [1.82, 2.24) is 4.98 Å². The van der Waals surface area contributed by atoms with Gasteiger partial charge in [-0.15, -0.1) is 0 Å². The van der Waals surface area contributed by atoms with E-state index in [4.69, 9.17) is 5.73 Å². The van der Waals surface area contributed by atoms with Gasteiger partial charge in [-0.05, 0) is 22.0 Å². The van der Waals surface area contributed by atoms with Crippen LogP contribution in [0.15, 0.2) is 16.7 Å². The molecule has 2 heterocycles. The van der Waals surface area contributed by atoms with Crippen LogP contribution in [0.3, 0.4) is 0 Å². The fourth-order valence-electron chi connectivity index (χ4n) is 1.63. The molecule has 1 unspecified atom stereocenters. The predicted octanol–water partition coefficient (Wildman–Crippen LogP) is 0.700. The highest BCUT2D eigenvalue weighted by Crippen LogP contribution is 2.26. The molecule has 1 aromatic rings. The van der Waals surface area contributed by atoms with E-state index in [9.17, 15) is 9.59 Å². The van der Waals surface area contributed by atoms with Gasteiger partial charge in [0.15, 0.2) is 5.82 Å². The van der Waals surface area contributed by atoms with E-state index < -0.39 is 11.8 Å². The number of hydrogen-bond donors (Lipinski definition) is 3. The van der Waals surface area contributed by atoms with Crippen molar-refractivity contribution in [2.24, 2.45) is 11.7 Å². The van der Waals surface area contributed by atoms with Gasteiger partial charge in [0, 0.05) is 23.6 Å². The molecule has 0 fully saturated rings. The number of halogens is 1. The summed E-state index contributed by atoms with van der Waals surface area (Å²) in [6.07, 6.45) is 1.61. The Morgan fingerprint density at radius 3 is 3.12 bits per heavy atom. The Hall–Kier alpha value is -1.63. The highest BCUT2D eigenvalue weighted by atomic mass is 79.9. The minimum Gasteiger partial charge on any atom is -0.381 e. The lowest BCUT2D eigenvalue weighted by Crippen LogP contribution is -2.30. The third-order valence-electron chi connectivity index (χ3n) is 2.45. The van der Waals surface area contributed by atoms with E-state index in [1.807, 2.05) is 6.07 Å². The number of nitrogens with one attached hydrogen (secondary N) is 2. The number of aromatic nitrogens is 1. The summed E-state index contributed by atoms with van der Waals surface area (Å²) < 4.78 is 0.811. The van der Waals surface area contributed by atoms with Gasteiger partial charge in [-0.1, -0.05) is 0 Å². The van der Waals surface area contributed by atoms with Crippen LogP contribution in [-0.2, 0) is 9.59 Å². The number of amides is 2. The number of nitrogens with zero attached hydrogens (tertiary/aromatic N) is 1. The molecule has 7 heteroatoms. The SMILES string of the molecule is NC(=O)CC1CNc2cc(Br)cnc2NC1=O. The minimum absolute atomic E-state index is 0.0218. The molecule has 1 aromatic heterocycles. The molecule has 2 amide bonds. The summed E-state index contributed by atoms with van der Waals surface area (Å²) in [7, 11) is 0. The molecule has 1 aliphatic heterocycles. The van der Waals surface area contributed by atoms with Gasteiger partial charge in [-0.3, -0.25) is 9.59 Å². The first-order valence-corrected chi connectivity index (χ1v) is 5.84. The second kappa shape index (κ2) is 4.70. The van der Waals surface area contributed by atoms with E-state index in [0.717, 1.165) is 10.2 Å². The maximum absolute atomic E-state index is 11.8. The van der Waals surface area contributed by atoms with Crippen LogP contribution < -0.4 is 16.4 Å². The summed E-state index contributed by atoms with van der Waals surface area (Å²) in [6.45, 7) is 0.361. The second-order valence-electron chi connectivity index (χ2n) is 3.79. The Balaban J connectivity index is 2.22. The van der Waals surface area contributed by atoms with E-state index >= 15 is 0 Å². The van der Waals surface area contributed by atoms with Crippen LogP contribution in [0.5, 0.6) is 0 Å². The second-order valence-corrected chi connectivity index (χ2v) is 4.70. The molecule has 0 saturated carbocycles. The first-order valence-electron chi connectivity index (χ1n) is 5.05. The molecule has 0 aromatic carbocycles. The van der Waals surface area contributed by atoms with Crippen LogP contribution >= 0.6 is 15.9 Å². The van der Waals surface area contributed by atoms with Gasteiger partial charge in [0.25, 0.3) is 0 Å². The third kappa shape index (κ3) is 2.73. The van der Waals surface area contributed by atoms with E-state index in [1.54, 1.807) is 6.20 Å². The Labute approximate surface area is 106 Å². The third-order valence-corrected chi connectivity index (χ3v) is 2.89. The van der Waals surface area contributed by atoms with Crippen molar-refractivity contribution in [3.8, 4) is 0 Å². The van der Waals surface area contributed by atoms with Crippen molar-refractivity contribution in [1.29, 1.82) is 0 Å². The zero-order valence-electron chi connectivity index (χ0n) is 8.87. The molecular weight excluding hydrogens is 288 g/mol. The molecule has 1 atom stereocenters. The molecule has 2 rings (SSSR count). The Morgan fingerprint density at radius 1 is 1.65 bits per heavy atom. The van der Waals surface area contributed by atoms with Gasteiger partial charge >= 0.3 is 0 Å². The topological polar surface area (TPSA) is 97.1 Å². The number of rotatable bonds is 2. The van der Waals surface area contributed by atoms with E-state index in [0.29, 0.717) is 12.4 Å². The average Bonchev–Trinajstić information content (AvgIpc) is 2.39. The van der Waals surface area contributed by atoms with Crippen LogP contribution in [0.2, 0.25) is 0 Å². The van der Waals surface area contributed by atoms with Crippen molar-refractivity contribution < 1.29 is 9.59 Å². The van der Waals surface area contributed by atoms with Gasteiger partial charge < -0.3 is 16.4 Å². The van der Waals surface area contributed by atoms with E-state index in [-0.39, 0.29) is 12.3 Å². The monoisotopic (exact) mass is 298 g/mol. The first-order chi connectivity index (χ1) is 8.06. The highest BCUT2D eigenvalue weighted by Gasteiger charge is 2.25. The zero-order chi connectivity index (χ0) is 12.4. The van der Waals surface area contributed by atoms with Crippen LogP contribution in [-0.4, -0.2) is 23.3 Å². The summed E-state index contributed by atoms with van der Waals surface area (Å²) in [5.41, 5.74) is 5.82. The standard InChI is InChI=1S/C10H11BrN4O2/c11-6-2-7-9(14-4-6)15-10(17)5(3-13-7)1-8(12)16/h2,4-5,13H,1,3H2,(H2,12,16)(H,14,15,17). The van der Waals surface area contributed by atoms with Crippen LogP contribution in [0.1, 0.15) is 6.42 Å². The molecule has 0 spiro atoms. The molecular formula is C10H11BrN4O2. The number of hydrogen-bond acceptors (Lipinski definition) is 4. The number of pyridine rings is 1. The summed E-state index contributed by atoms with van der Waals surface area (Å²) in [5, 5.41) is 5.73. The van der Waals surface area contributed by atoms with Crippen LogP contribution in [0.4, 0.5) is 11.5 Å². The summed E-state index contributed by atoms with van der Waals surface area (Å²) in [5.74, 6) is -0.748. The normalized spacial score (nSPS) is 18.6. The maximum atomic E-state index is 11.8. The number of nitrogens with two attached hydrogens (primary N) is 1. The number of fused-ring (bicyclic) bond motifs is 1.